The third-order valence-corrected chi connectivity index (χ3v) is 8.02. The first-order valence-corrected chi connectivity index (χ1v) is 12.4. The van der Waals surface area contributed by atoms with E-state index in [9.17, 15) is 17.6 Å². The van der Waals surface area contributed by atoms with Gasteiger partial charge in [-0.3, -0.25) is 4.79 Å². The van der Waals surface area contributed by atoms with Gasteiger partial charge in [0.25, 0.3) is 0 Å². The van der Waals surface area contributed by atoms with Gasteiger partial charge < -0.3 is 14.6 Å². The number of sulfonamides is 1. The van der Waals surface area contributed by atoms with Crippen LogP contribution in [0.25, 0.3) is 0 Å². The summed E-state index contributed by atoms with van der Waals surface area (Å²) in [5.74, 6) is 0.360. The van der Waals surface area contributed by atoms with E-state index in [0.29, 0.717) is 24.4 Å². The molecule has 8 nitrogen and oxygen atoms in total. The van der Waals surface area contributed by atoms with Gasteiger partial charge in [0.15, 0.2) is 0 Å². The number of amides is 1. The number of carbonyl (C=O) groups is 1. The average Bonchev–Trinajstić information content (AvgIpc) is 3.28. The molecule has 2 aromatic carbocycles. The van der Waals surface area contributed by atoms with Gasteiger partial charge in [0.2, 0.25) is 15.9 Å². The summed E-state index contributed by atoms with van der Waals surface area (Å²) in [4.78, 5) is 17.7. The molecule has 0 bridgehead atoms. The van der Waals surface area contributed by atoms with E-state index in [1.54, 1.807) is 13.3 Å². The summed E-state index contributed by atoms with van der Waals surface area (Å²) in [6.45, 7) is 0.425. The predicted molar refractivity (Wildman–Crippen MR) is 124 cm³/mol. The number of halogens is 1. The van der Waals surface area contributed by atoms with Crippen LogP contribution in [0.3, 0.4) is 0 Å². The summed E-state index contributed by atoms with van der Waals surface area (Å²) in [5, 5.41) is 3.10. The van der Waals surface area contributed by atoms with Crippen molar-refractivity contribution in [3.8, 4) is 5.75 Å². The van der Waals surface area contributed by atoms with Gasteiger partial charge in [-0.05, 0) is 54.8 Å². The molecular weight excluding hydrogens is 459 g/mol. The van der Waals surface area contributed by atoms with Gasteiger partial charge in [-0.15, -0.1) is 0 Å². The van der Waals surface area contributed by atoms with Gasteiger partial charge in [-0.25, -0.2) is 17.8 Å². The maximum absolute atomic E-state index is 13.2. The summed E-state index contributed by atoms with van der Waals surface area (Å²) in [7, 11) is -0.289. The van der Waals surface area contributed by atoms with E-state index in [-0.39, 0.29) is 29.8 Å². The first kappa shape index (κ1) is 23.9. The fourth-order valence-electron chi connectivity index (χ4n) is 4.15. The number of rotatable bonds is 7. The number of carbonyl (C=O) groups excluding carboxylic acids is 1. The van der Waals surface area contributed by atoms with Crippen molar-refractivity contribution in [2.45, 2.75) is 23.8 Å². The quantitative estimate of drug-likeness (QED) is 0.554. The molecule has 2 heterocycles. The Balaban J connectivity index is 1.47. The lowest BCUT2D eigenvalue weighted by atomic mass is 9.96. The Kier molecular flexibility index (Phi) is 6.99. The largest absolute Gasteiger partial charge is 0.497 e. The standard InChI is InChI=1S/C24H27FN4O4S/c1-28-15-12-26-23(28)22(18-4-3-5-20(16-18)33-2)27-24(30)17-10-13-29(14-11-17)34(31,32)21-8-6-19(25)7-9-21/h3-9,12,15-17,22H,10-11,13-14H2,1-2H3,(H,27,30)/t22-/m0/s1. The number of methoxy groups -OCH3 is 1. The van der Waals surface area contributed by atoms with Crippen molar-refractivity contribution in [1.29, 1.82) is 0 Å². The Morgan fingerprint density at radius 3 is 2.50 bits per heavy atom. The maximum Gasteiger partial charge on any atom is 0.243 e. The number of hydrogen-bond donors (Lipinski definition) is 1. The van der Waals surface area contributed by atoms with Gasteiger partial charge >= 0.3 is 0 Å². The number of aromatic nitrogens is 2. The third-order valence-electron chi connectivity index (χ3n) is 6.11. The van der Waals surface area contributed by atoms with Crippen LogP contribution in [0.15, 0.2) is 65.8 Å². The van der Waals surface area contributed by atoms with Crippen molar-refractivity contribution in [1.82, 2.24) is 19.2 Å². The molecular formula is C24H27FN4O4S. The number of nitrogens with zero attached hydrogens (tertiary/aromatic N) is 3. The molecule has 1 aromatic heterocycles. The minimum atomic E-state index is -3.74. The first-order valence-electron chi connectivity index (χ1n) is 11.0. The number of benzene rings is 2. The molecule has 10 heteroatoms. The smallest absolute Gasteiger partial charge is 0.243 e. The first-order chi connectivity index (χ1) is 16.3. The second kappa shape index (κ2) is 9.94. The van der Waals surface area contributed by atoms with Gasteiger partial charge in [0, 0.05) is 38.4 Å². The fraction of sp³-hybridized carbons (Fsp3) is 0.333. The van der Waals surface area contributed by atoms with Gasteiger partial charge in [-0.2, -0.15) is 4.31 Å². The molecule has 1 amide bonds. The van der Waals surface area contributed by atoms with Crippen molar-refractivity contribution >= 4 is 15.9 Å². The molecule has 1 aliphatic rings. The number of piperidine rings is 1. The van der Waals surface area contributed by atoms with Crippen LogP contribution in [-0.2, 0) is 21.9 Å². The molecule has 0 saturated carbocycles. The summed E-state index contributed by atoms with van der Waals surface area (Å²) in [5.41, 5.74) is 0.832. The Bertz CT molecular complexity index is 1250. The van der Waals surface area contributed by atoms with E-state index in [1.807, 2.05) is 42.1 Å². The lowest BCUT2D eigenvalue weighted by Crippen LogP contribution is -2.44. The van der Waals surface area contributed by atoms with Gasteiger partial charge in [-0.1, -0.05) is 12.1 Å². The van der Waals surface area contributed by atoms with Crippen molar-refractivity contribution in [3.63, 3.8) is 0 Å². The van der Waals surface area contributed by atoms with Crippen LogP contribution in [0.1, 0.15) is 30.3 Å². The SMILES string of the molecule is COc1cccc([C@H](NC(=O)C2CCN(S(=O)(=O)c3ccc(F)cc3)CC2)c2nccn2C)c1. The molecule has 0 aliphatic carbocycles. The highest BCUT2D eigenvalue weighted by Gasteiger charge is 2.33. The zero-order chi connectivity index (χ0) is 24.3. The second-order valence-corrected chi connectivity index (χ2v) is 10.2. The van der Waals surface area contributed by atoms with Crippen LogP contribution in [0.5, 0.6) is 5.75 Å². The van der Waals surface area contributed by atoms with Crippen molar-refractivity contribution in [3.05, 3.63) is 78.1 Å². The number of imidazole rings is 1. The number of hydrogen-bond acceptors (Lipinski definition) is 5. The third kappa shape index (κ3) is 4.97. The summed E-state index contributed by atoms with van der Waals surface area (Å²) in [6.07, 6.45) is 4.26. The van der Waals surface area contributed by atoms with Crippen LogP contribution in [0.4, 0.5) is 4.39 Å². The Labute approximate surface area is 198 Å². The van der Waals surface area contributed by atoms with E-state index in [0.717, 1.165) is 17.7 Å². The molecule has 1 atom stereocenters. The molecule has 1 fully saturated rings. The van der Waals surface area contributed by atoms with Crippen LogP contribution in [-0.4, -0.2) is 48.4 Å². The molecule has 1 saturated heterocycles. The number of nitrogens with one attached hydrogen (secondary N) is 1. The average molecular weight is 487 g/mol. The van der Waals surface area contributed by atoms with Crippen LogP contribution >= 0.6 is 0 Å². The van der Waals surface area contributed by atoms with Gasteiger partial charge in [0.05, 0.1) is 12.0 Å². The van der Waals surface area contributed by atoms with E-state index in [1.165, 1.54) is 16.4 Å². The lowest BCUT2D eigenvalue weighted by molar-refractivity contribution is -0.126. The molecule has 1 aliphatic heterocycles. The highest BCUT2D eigenvalue weighted by Crippen LogP contribution is 2.28. The minimum absolute atomic E-state index is 0.0460. The Morgan fingerprint density at radius 2 is 1.88 bits per heavy atom. The molecule has 1 N–H and O–H groups in total. The van der Waals surface area contributed by atoms with E-state index >= 15 is 0 Å². The highest BCUT2D eigenvalue weighted by atomic mass is 32.2. The molecule has 34 heavy (non-hydrogen) atoms. The van der Waals surface area contributed by atoms with Crippen molar-refractivity contribution < 1.29 is 22.3 Å². The summed E-state index contributed by atoms with van der Waals surface area (Å²) < 4.78 is 47.5. The van der Waals surface area contributed by atoms with Crippen LogP contribution in [0.2, 0.25) is 0 Å². The number of aryl methyl sites for hydroxylation is 1. The summed E-state index contributed by atoms with van der Waals surface area (Å²) in [6, 6.07) is 11.7. The predicted octanol–water partition coefficient (Wildman–Crippen LogP) is 2.87. The second-order valence-electron chi connectivity index (χ2n) is 8.25. The molecule has 0 radical (unpaired) electrons. The molecule has 0 unspecified atom stereocenters. The molecule has 3 aromatic rings. The van der Waals surface area contributed by atoms with Crippen LogP contribution < -0.4 is 10.1 Å². The van der Waals surface area contributed by atoms with Gasteiger partial charge in [0.1, 0.15) is 23.4 Å². The highest BCUT2D eigenvalue weighted by molar-refractivity contribution is 7.89. The molecule has 4 rings (SSSR count). The monoisotopic (exact) mass is 486 g/mol. The zero-order valence-corrected chi connectivity index (χ0v) is 19.8. The fourth-order valence-corrected chi connectivity index (χ4v) is 5.62. The van der Waals surface area contributed by atoms with E-state index < -0.39 is 21.9 Å². The minimum Gasteiger partial charge on any atom is -0.497 e. The summed E-state index contributed by atoms with van der Waals surface area (Å²) >= 11 is 0. The van der Waals surface area contributed by atoms with E-state index in [4.69, 9.17) is 4.74 Å². The molecule has 0 spiro atoms. The van der Waals surface area contributed by atoms with Crippen molar-refractivity contribution in [2.24, 2.45) is 13.0 Å². The Morgan fingerprint density at radius 1 is 1.18 bits per heavy atom. The van der Waals surface area contributed by atoms with E-state index in [2.05, 4.69) is 10.3 Å². The van der Waals surface area contributed by atoms with Crippen LogP contribution in [0, 0.1) is 11.7 Å². The maximum atomic E-state index is 13.2. The normalized spacial score (nSPS) is 16.2. The topological polar surface area (TPSA) is 93.5 Å². The van der Waals surface area contributed by atoms with Crippen molar-refractivity contribution in [2.75, 3.05) is 20.2 Å². The number of ether oxygens (including phenoxy) is 1. The molecule has 180 valence electrons. The lowest BCUT2D eigenvalue weighted by Gasteiger charge is -2.31. The Hall–Kier alpha value is -3.24. The zero-order valence-electron chi connectivity index (χ0n) is 19.0.